The first-order valence-electron chi connectivity index (χ1n) is 11.3. The van der Waals surface area contributed by atoms with E-state index < -0.39 is 17.7 Å². The molecule has 0 radical (unpaired) electrons. The maximum Gasteiger partial charge on any atom is 0.295 e. The van der Waals surface area contributed by atoms with Crippen molar-refractivity contribution >= 4 is 28.8 Å². The van der Waals surface area contributed by atoms with Gasteiger partial charge in [-0.15, -0.1) is 11.3 Å². The molecule has 1 fully saturated rings. The van der Waals surface area contributed by atoms with Gasteiger partial charge in [0.2, 0.25) is 0 Å². The van der Waals surface area contributed by atoms with E-state index in [1.165, 1.54) is 23.3 Å². The molecule has 1 aliphatic rings. The molecule has 3 aromatic rings. The minimum atomic E-state index is -0.782. The molecule has 1 amide bonds. The quantitative estimate of drug-likeness (QED) is 0.273. The van der Waals surface area contributed by atoms with Crippen molar-refractivity contribution in [3.05, 3.63) is 87.1 Å². The van der Waals surface area contributed by atoms with Gasteiger partial charge in [0.25, 0.3) is 11.7 Å². The third-order valence-corrected chi connectivity index (χ3v) is 7.04. The number of methoxy groups -OCH3 is 2. The first-order chi connectivity index (χ1) is 16.7. The van der Waals surface area contributed by atoms with Crippen LogP contribution in [-0.2, 0) is 21.5 Å². The van der Waals surface area contributed by atoms with Crippen molar-refractivity contribution in [2.45, 2.75) is 38.8 Å². The maximum absolute atomic E-state index is 13.4. The fourth-order valence-corrected chi connectivity index (χ4v) is 4.98. The number of carbonyl (C=O) groups excluding carboxylic acids is 2. The Hall–Kier alpha value is -3.58. The summed E-state index contributed by atoms with van der Waals surface area (Å²) >= 11 is 1.51. The van der Waals surface area contributed by atoms with Crippen LogP contribution in [0.4, 0.5) is 0 Å². The topological polar surface area (TPSA) is 76.1 Å². The van der Waals surface area contributed by atoms with E-state index in [0.29, 0.717) is 22.6 Å². The monoisotopic (exact) mass is 491 g/mol. The molecule has 2 heterocycles. The molecule has 1 aromatic heterocycles. The van der Waals surface area contributed by atoms with Gasteiger partial charge in [0.05, 0.1) is 37.9 Å². The van der Waals surface area contributed by atoms with Crippen LogP contribution in [0.2, 0.25) is 0 Å². The van der Waals surface area contributed by atoms with Crippen LogP contribution < -0.4 is 9.47 Å². The fourth-order valence-electron chi connectivity index (χ4n) is 4.28. The van der Waals surface area contributed by atoms with Crippen molar-refractivity contribution in [1.29, 1.82) is 0 Å². The molecule has 35 heavy (non-hydrogen) atoms. The number of amides is 1. The lowest BCUT2D eigenvalue weighted by Gasteiger charge is -2.26. The van der Waals surface area contributed by atoms with Crippen molar-refractivity contribution in [3.8, 4) is 11.5 Å². The van der Waals surface area contributed by atoms with Crippen molar-refractivity contribution in [1.82, 2.24) is 4.90 Å². The van der Waals surface area contributed by atoms with Gasteiger partial charge in [0, 0.05) is 4.88 Å². The summed E-state index contributed by atoms with van der Waals surface area (Å²) in [5.74, 6) is -0.623. The summed E-state index contributed by atoms with van der Waals surface area (Å²) in [6.07, 6.45) is 0. The average Bonchev–Trinajstić information content (AvgIpc) is 3.45. The molecule has 0 saturated carbocycles. The van der Waals surface area contributed by atoms with Crippen molar-refractivity contribution < 1.29 is 24.2 Å². The predicted octanol–water partition coefficient (Wildman–Crippen LogP) is 5.68. The highest BCUT2D eigenvalue weighted by atomic mass is 32.1. The van der Waals surface area contributed by atoms with E-state index in [0.717, 1.165) is 10.4 Å². The summed E-state index contributed by atoms with van der Waals surface area (Å²) in [4.78, 5) is 29.1. The number of likely N-dealkylation sites (tertiary alicyclic amines) is 1. The third kappa shape index (κ3) is 4.68. The average molecular weight is 492 g/mol. The van der Waals surface area contributed by atoms with E-state index in [2.05, 4.69) is 20.8 Å². The molecular weight excluding hydrogens is 462 g/mol. The number of rotatable bonds is 6. The summed E-state index contributed by atoms with van der Waals surface area (Å²) in [7, 11) is 3.07. The summed E-state index contributed by atoms with van der Waals surface area (Å²) in [5, 5.41) is 13.5. The Morgan fingerprint density at radius 3 is 2.43 bits per heavy atom. The van der Waals surface area contributed by atoms with E-state index in [4.69, 9.17) is 9.47 Å². The van der Waals surface area contributed by atoms with E-state index in [1.807, 2.05) is 35.7 Å². The zero-order valence-corrected chi connectivity index (χ0v) is 21.3. The zero-order chi connectivity index (χ0) is 25.3. The second kappa shape index (κ2) is 9.58. The Balaban J connectivity index is 1.94. The first kappa shape index (κ1) is 24.5. The van der Waals surface area contributed by atoms with Gasteiger partial charge in [-0.1, -0.05) is 45.0 Å². The number of aliphatic hydroxyl groups is 1. The van der Waals surface area contributed by atoms with Crippen LogP contribution in [0.25, 0.3) is 5.76 Å². The number of carbonyl (C=O) groups is 2. The number of thiophene rings is 1. The summed E-state index contributed by atoms with van der Waals surface area (Å²) in [5.41, 5.74) is 1.85. The molecule has 1 aliphatic heterocycles. The van der Waals surface area contributed by atoms with Crippen LogP contribution >= 0.6 is 11.3 Å². The van der Waals surface area contributed by atoms with Crippen molar-refractivity contribution in [3.63, 3.8) is 0 Å². The van der Waals surface area contributed by atoms with Gasteiger partial charge in [-0.05, 0) is 52.3 Å². The molecule has 1 saturated heterocycles. The van der Waals surface area contributed by atoms with Crippen molar-refractivity contribution in [2.24, 2.45) is 0 Å². The minimum absolute atomic E-state index is 0.0316. The molecule has 2 aromatic carbocycles. The van der Waals surface area contributed by atoms with Gasteiger partial charge >= 0.3 is 0 Å². The normalized spacial score (nSPS) is 17.6. The van der Waals surface area contributed by atoms with Crippen molar-refractivity contribution in [2.75, 3.05) is 14.2 Å². The molecule has 0 aliphatic carbocycles. The predicted molar refractivity (Wildman–Crippen MR) is 137 cm³/mol. The summed E-state index contributed by atoms with van der Waals surface area (Å²) < 4.78 is 10.9. The number of nitrogens with zero attached hydrogens (tertiary/aromatic N) is 1. The first-order valence-corrected chi connectivity index (χ1v) is 12.2. The molecule has 1 N–H and O–H groups in total. The lowest BCUT2D eigenvalue weighted by molar-refractivity contribution is -0.140. The molecule has 4 rings (SSSR count). The highest BCUT2D eigenvalue weighted by Crippen LogP contribution is 2.43. The Morgan fingerprint density at radius 2 is 1.80 bits per heavy atom. The maximum atomic E-state index is 13.4. The molecular formula is C28H29NO5S. The Labute approximate surface area is 209 Å². The number of Topliss-reactive ketones (excluding diaryl/α,β-unsaturated/α-hetero) is 1. The summed E-state index contributed by atoms with van der Waals surface area (Å²) in [6, 6.07) is 15.8. The number of benzene rings is 2. The Morgan fingerprint density at radius 1 is 1.03 bits per heavy atom. The lowest BCUT2D eigenvalue weighted by atomic mass is 9.85. The van der Waals surface area contributed by atoms with Crippen LogP contribution in [0, 0.1) is 0 Å². The number of ether oxygens (including phenoxy) is 2. The summed E-state index contributed by atoms with van der Waals surface area (Å²) in [6.45, 7) is 6.44. The fraction of sp³-hybridized carbons (Fsp3) is 0.286. The molecule has 1 atom stereocenters. The van der Waals surface area contributed by atoms with Gasteiger partial charge in [-0.3, -0.25) is 9.59 Å². The van der Waals surface area contributed by atoms with Crippen LogP contribution in [0.3, 0.4) is 0 Å². The molecule has 7 heteroatoms. The molecule has 1 unspecified atom stereocenters. The Kier molecular flexibility index (Phi) is 6.72. The number of aliphatic hydroxyl groups excluding tert-OH is 1. The highest BCUT2D eigenvalue weighted by Gasteiger charge is 2.46. The largest absolute Gasteiger partial charge is 0.507 e. The number of hydrogen-bond acceptors (Lipinski definition) is 6. The van der Waals surface area contributed by atoms with Crippen LogP contribution in [0.15, 0.2) is 65.6 Å². The highest BCUT2D eigenvalue weighted by molar-refractivity contribution is 7.09. The molecule has 182 valence electrons. The smallest absolute Gasteiger partial charge is 0.295 e. The SMILES string of the molecule is COc1cccc(C2/C(=C(\O)c3cc(C(C)(C)C)ccc3OC)C(=O)C(=O)N2Cc2cccs2)c1. The second-order valence-electron chi connectivity index (χ2n) is 9.45. The second-order valence-corrected chi connectivity index (χ2v) is 10.5. The number of hydrogen-bond donors (Lipinski definition) is 1. The van der Waals surface area contributed by atoms with Gasteiger partial charge in [0.15, 0.2) is 0 Å². The van der Waals surface area contributed by atoms with Gasteiger partial charge in [-0.25, -0.2) is 0 Å². The van der Waals surface area contributed by atoms with Gasteiger partial charge < -0.3 is 19.5 Å². The zero-order valence-electron chi connectivity index (χ0n) is 20.5. The minimum Gasteiger partial charge on any atom is -0.507 e. The molecule has 0 bridgehead atoms. The lowest BCUT2D eigenvalue weighted by Crippen LogP contribution is -2.28. The van der Waals surface area contributed by atoms with Crippen LogP contribution in [0.5, 0.6) is 11.5 Å². The van der Waals surface area contributed by atoms with Gasteiger partial charge in [-0.2, -0.15) is 0 Å². The Bertz CT molecular complexity index is 1290. The van der Waals surface area contributed by atoms with Crippen LogP contribution in [-0.4, -0.2) is 35.9 Å². The standard InChI is InChI=1S/C28H29NO5S/c1-28(2,3)18-11-12-22(34-5)21(15-18)25(30)23-24(17-8-6-9-19(14-17)33-4)29(27(32)26(23)31)16-20-10-7-13-35-20/h6-15,24,30H,16H2,1-5H3/b25-23+. The molecule has 0 spiro atoms. The molecule has 6 nitrogen and oxygen atoms in total. The third-order valence-electron chi connectivity index (χ3n) is 6.18. The van der Waals surface area contributed by atoms with Gasteiger partial charge in [0.1, 0.15) is 17.3 Å². The number of ketones is 1. The van der Waals surface area contributed by atoms with E-state index >= 15 is 0 Å². The van der Waals surface area contributed by atoms with E-state index in [-0.39, 0.29) is 23.3 Å². The van der Waals surface area contributed by atoms with Crippen LogP contribution in [0.1, 0.15) is 48.4 Å². The van der Waals surface area contributed by atoms with E-state index in [1.54, 1.807) is 31.4 Å². The van der Waals surface area contributed by atoms with E-state index in [9.17, 15) is 14.7 Å².